The first-order valence-corrected chi connectivity index (χ1v) is 10.8. The summed E-state index contributed by atoms with van der Waals surface area (Å²) in [6.45, 7) is 11.6. The lowest BCUT2D eigenvalue weighted by molar-refractivity contribution is 0.160. The van der Waals surface area contributed by atoms with Gasteiger partial charge in [-0.25, -0.2) is 0 Å². The summed E-state index contributed by atoms with van der Waals surface area (Å²) in [6.07, 6.45) is 12.4. The molecule has 0 amide bonds. The van der Waals surface area contributed by atoms with E-state index in [9.17, 15) is 5.26 Å². The summed E-state index contributed by atoms with van der Waals surface area (Å²) in [4.78, 5) is 6.94. The van der Waals surface area contributed by atoms with E-state index in [4.69, 9.17) is 0 Å². The van der Waals surface area contributed by atoms with Crippen molar-refractivity contribution in [1.82, 2.24) is 14.7 Å². The van der Waals surface area contributed by atoms with Crippen molar-refractivity contribution in [2.24, 2.45) is 0 Å². The topological polar surface area (TPSA) is 33.5 Å². The molecule has 2 heterocycles. The third-order valence-corrected chi connectivity index (χ3v) is 6.12. The van der Waals surface area contributed by atoms with Crippen LogP contribution in [-0.4, -0.2) is 46.4 Å². The molecule has 4 heteroatoms. The van der Waals surface area contributed by atoms with Crippen LogP contribution in [0.1, 0.15) is 46.1 Å². The Bertz CT molecular complexity index is 792. The Labute approximate surface area is 176 Å². The monoisotopic (exact) mass is 390 g/mol. The van der Waals surface area contributed by atoms with E-state index in [0.717, 1.165) is 38.0 Å². The Balaban J connectivity index is 1.78. The lowest BCUT2D eigenvalue weighted by atomic mass is 9.75. The molecule has 0 aromatic heterocycles. The molecule has 4 nitrogen and oxygen atoms in total. The Hall–Kier alpha value is -2.51. The smallest absolute Gasteiger partial charge is 0.0851 e. The van der Waals surface area contributed by atoms with Gasteiger partial charge < -0.3 is 9.80 Å². The first-order chi connectivity index (χ1) is 13.9. The van der Waals surface area contributed by atoms with Gasteiger partial charge in [0.1, 0.15) is 0 Å². The molecular weight excluding hydrogens is 356 g/mol. The number of benzene rings is 1. The predicted molar refractivity (Wildman–Crippen MR) is 120 cm³/mol. The minimum Gasteiger partial charge on any atom is -0.351 e. The number of nitrogens with zero attached hydrogens (tertiary/aromatic N) is 4. The van der Waals surface area contributed by atoms with Crippen LogP contribution in [0.15, 0.2) is 66.8 Å². The second-order valence-corrected chi connectivity index (χ2v) is 8.63. The number of hydrogen-bond donors (Lipinski definition) is 0. The standard InChI is InChI=1S/C25H34N4/c1-21(2)29(22(3)4)16-13-25(20-26,23-9-6-5-7-10-23)12-15-27-17-18-28-14-8-11-24(28)19-27/h5-11,17-19,21-22H,12-16H2,1-4H3. The van der Waals surface area contributed by atoms with Gasteiger partial charge in [-0.05, 0) is 52.2 Å². The summed E-state index contributed by atoms with van der Waals surface area (Å²) >= 11 is 0. The molecule has 1 aromatic carbocycles. The van der Waals surface area contributed by atoms with Crippen LogP contribution in [0.4, 0.5) is 0 Å². The highest BCUT2D eigenvalue weighted by atomic mass is 15.2. The number of fused-ring (bicyclic) bond motifs is 1. The maximum atomic E-state index is 10.4. The second-order valence-electron chi connectivity index (χ2n) is 8.63. The van der Waals surface area contributed by atoms with E-state index in [1.807, 2.05) is 18.2 Å². The Morgan fingerprint density at radius 2 is 1.79 bits per heavy atom. The highest BCUT2D eigenvalue weighted by Crippen LogP contribution is 2.33. The number of hydrogen-bond acceptors (Lipinski definition) is 4. The van der Waals surface area contributed by atoms with Gasteiger partial charge in [0.25, 0.3) is 0 Å². The van der Waals surface area contributed by atoms with Gasteiger partial charge in [-0.15, -0.1) is 0 Å². The van der Waals surface area contributed by atoms with Gasteiger partial charge >= 0.3 is 0 Å². The van der Waals surface area contributed by atoms with Crippen LogP contribution >= 0.6 is 0 Å². The quantitative estimate of drug-likeness (QED) is 0.604. The normalized spacial score (nSPS) is 17.7. The number of rotatable bonds is 9. The van der Waals surface area contributed by atoms with Gasteiger partial charge in [0, 0.05) is 50.3 Å². The molecule has 29 heavy (non-hydrogen) atoms. The van der Waals surface area contributed by atoms with E-state index < -0.39 is 5.41 Å². The predicted octanol–water partition coefficient (Wildman–Crippen LogP) is 4.85. The molecular formula is C25H34N4. The van der Waals surface area contributed by atoms with Gasteiger partial charge in [0.2, 0.25) is 0 Å². The summed E-state index contributed by atoms with van der Waals surface area (Å²) in [7, 11) is 0. The van der Waals surface area contributed by atoms with Crippen molar-refractivity contribution >= 4 is 0 Å². The minimum absolute atomic E-state index is 0.470. The molecule has 3 rings (SSSR count). The Morgan fingerprint density at radius 1 is 1.07 bits per heavy atom. The Morgan fingerprint density at radius 3 is 2.45 bits per heavy atom. The van der Waals surface area contributed by atoms with Crippen molar-refractivity contribution in [2.75, 3.05) is 19.6 Å². The lowest BCUT2D eigenvalue weighted by Gasteiger charge is -2.36. The van der Waals surface area contributed by atoms with Crippen LogP contribution < -0.4 is 0 Å². The van der Waals surface area contributed by atoms with Crippen LogP contribution in [0.2, 0.25) is 0 Å². The zero-order valence-corrected chi connectivity index (χ0v) is 18.3. The van der Waals surface area contributed by atoms with E-state index in [-0.39, 0.29) is 0 Å². The van der Waals surface area contributed by atoms with Crippen molar-refractivity contribution in [3.05, 3.63) is 72.3 Å². The maximum Gasteiger partial charge on any atom is 0.0851 e. The molecule has 0 bridgehead atoms. The molecule has 0 spiro atoms. The van der Waals surface area contributed by atoms with Gasteiger partial charge in [-0.1, -0.05) is 36.4 Å². The molecule has 0 saturated heterocycles. The van der Waals surface area contributed by atoms with Crippen molar-refractivity contribution in [2.45, 2.75) is 58.0 Å². The fourth-order valence-corrected chi connectivity index (χ4v) is 4.37. The Kier molecular flexibility index (Phi) is 6.82. The van der Waals surface area contributed by atoms with Gasteiger partial charge in [-0.2, -0.15) is 5.26 Å². The third-order valence-electron chi connectivity index (χ3n) is 6.12. The molecule has 0 aliphatic carbocycles. The zero-order chi connectivity index (χ0) is 20.9. The molecule has 1 aromatic rings. The van der Waals surface area contributed by atoms with Crippen molar-refractivity contribution in [3.63, 3.8) is 0 Å². The summed E-state index contributed by atoms with van der Waals surface area (Å²) in [5, 5.41) is 10.4. The average molecular weight is 391 g/mol. The second kappa shape index (κ2) is 9.33. The number of nitriles is 1. The fraction of sp³-hybridized carbons (Fsp3) is 0.480. The highest BCUT2D eigenvalue weighted by Gasteiger charge is 2.33. The molecule has 2 aliphatic rings. The fourth-order valence-electron chi connectivity index (χ4n) is 4.37. The molecule has 0 radical (unpaired) electrons. The van der Waals surface area contributed by atoms with E-state index in [1.54, 1.807) is 0 Å². The summed E-state index contributed by atoms with van der Waals surface area (Å²) < 4.78 is 0. The third kappa shape index (κ3) is 4.92. The van der Waals surface area contributed by atoms with E-state index in [2.05, 4.69) is 91.3 Å². The molecule has 0 saturated carbocycles. The molecule has 2 aliphatic heterocycles. The van der Waals surface area contributed by atoms with E-state index >= 15 is 0 Å². The van der Waals surface area contributed by atoms with Gasteiger partial charge in [-0.3, -0.25) is 4.90 Å². The first-order valence-electron chi connectivity index (χ1n) is 10.8. The van der Waals surface area contributed by atoms with Gasteiger partial charge in [0.15, 0.2) is 0 Å². The summed E-state index contributed by atoms with van der Waals surface area (Å²) in [5.74, 6) is 0. The van der Waals surface area contributed by atoms with Crippen LogP contribution in [0.3, 0.4) is 0 Å². The van der Waals surface area contributed by atoms with E-state index in [1.165, 1.54) is 5.70 Å². The number of allylic oxidation sites excluding steroid dienone is 1. The minimum atomic E-state index is -0.488. The molecule has 1 unspecified atom stereocenters. The van der Waals surface area contributed by atoms with Crippen LogP contribution in [0.5, 0.6) is 0 Å². The first kappa shape index (κ1) is 21.2. The van der Waals surface area contributed by atoms with E-state index in [0.29, 0.717) is 12.1 Å². The highest BCUT2D eigenvalue weighted by molar-refractivity contribution is 5.33. The summed E-state index contributed by atoms with van der Waals surface area (Å²) in [5.41, 5.74) is 1.87. The SMILES string of the molecule is CC(C)N(CCC(C#N)(CCN1C=CN2CC=CC2=C1)c1ccccc1)C(C)C. The van der Waals surface area contributed by atoms with Crippen LogP contribution in [0, 0.1) is 11.3 Å². The van der Waals surface area contributed by atoms with Gasteiger partial charge in [0.05, 0.1) is 17.2 Å². The largest absolute Gasteiger partial charge is 0.351 e. The van der Waals surface area contributed by atoms with Crippen LogP contribution in [-0.2, 0) is 5.41 Å². The average Bonchev–Trinajstić information content (AvgIpc) is 3.18. The molecule has 154 valence electrons. The van der Waals surface area contributed by atoms with Crippen molar-refractivity contribution in [3.8, 4) is 6.07 Å². The lowest BCUT2D eigenvalue weighted by Crippen LogP contribution is -2.41. The zero-order valence-electron chi connectivity index (χ0n) is 18.3. The molecule has 0 fully saturated rings. The maximum absolute atomic E-state index is 10.4. The van der Waals surface area contributed by atoms with Crippen molar-refractivity contribution in [1.29, 1.82) is 5.26 Å². The molecule has 1 atom stereocenters. The van der Waals surface area contributed by atoms with Crippen LogP contribution in [0.25, 0.3) is 0 Å². The molecule has 0 N–H and O–H groups in total. The summed E-state index contributed by atoms with van der Waals surface area (Å²) in [6, 6.07) is 14.0. The van der Waals surface area contributed by atoms with Crippen molar-refractivity contribution < 1.29 is 0 Å².